The molecule has 1 saturated heterocycles. The van der Waals surface area contributed by atoms with Gasteiger partial charge in [-0.3, -0.25) is 14.7 Å². The average molecular weight is 412 g/mol. The summed E-state index contributed by atoms with van der Waals surface area (Å²) in [5.74, 6) is 2.05. The van der Waals surface area contributed by atoms with Crippen LogP contribution in [0.4, 0.5) is 0 Å². The maximum atomic E-state index is 13.1. The Balaban J connectivity index is 1.35. The molecule has 0 bridgehead atoms. The van der Waals surface area contributed by atoms with Crippen LogP contribution < -0.4 is 0 Å². The highest BCUT2D eigenvalue weighted by Crippen LogP contribution is 2.27. The molecule has 0 spiro atoms. The van der Waals surface area contributed by atoms with Crippen LogP contribution in [0.15, 0.2) is 59.6 Å². The van der Waals surface area contributed by atoms with E-state index in [1.165, 1.54) is 5.56 Å². The molecule has 2 aliphatic heterocycles. The van der Waals surface area contributed by atoms with Gasteiger partial charge in [-0.2, -0.15) is 0 Å². The molecule has 2 aromatic rings. The molecule has 28 heavy (non-hydrogen) atoms. The first kappa shape index (κ1) is 19.6. The summed E-state index contributed by atoms with van der Waals surface area (Å²) in [6.45, 7) is 5.29. The molecule has 146 valence electrons. The molecule has 0 N–H and O–H groups in total. The molecule has 0 unspecified atom stereocenters. The smallest absolute Gasteiger partial charge is 0.254 e. The average Bonchev–Trinajstić information content (AvgIpc) is 3.27. The Kier molecular flexibility index (Phi) is 6.73. The summed E-state index contributed by atoms with van der Waals surface area (Å²) in [6, 6.07) is 18.6. The summed E-state index contributed by atoms with van der Waals surface area (Å²) in [5.41, 5.74) is 3.28. The van der Waals surface area contributed by atoms with Gasteiger partial charge in [-0.1, -0.05) is 72.1 Å². The summed E-state index contributed by atoms with van der Waals surface area (Å²) >= 11 is 3.57. The summed E-state index contributed by atoms with van der Waals surface area (Å²) in [6.07, 6.45) is 0. The molecule has 0 aliphatic carbocycles. The number of hydrogen-bond donors (Lipinski definition) is 0. The first-order valence-corrected chi connectivity index (χ1v) is 11.7. The van der Waals surface area contributed by atoms with E-state index in [1.54, 1.807) is 11.8 Å². The molecule has 1 amide bonds. The maximum Gasteiger partial charge on any atom is 0.254 e. The fourth-order valence-electron chi connectivity index (χ4n) is 3.52. The van der Waals surface area contributed by atoms with Crippen molar-refractivity contribution in [1.82, 2.24) is 9.80 Å². The van der Waals surface area contributed by atoms with Gasteiger partial charge in [-0.15, -0.1) is 0 Å². The predicted octanol–water partition coefficient (Wildman–Crippen LogP) is 3.98. The molecule has 0 atom stereocenters. The Bertz CT molecular complexity index is 833. The molecular formula is C22H25N3OS2. The topological polar surface area (TPSA) is 35.9 Å². The number of carbonyl (C=O) groups excluding carboxylic acids is 1. The van der Waals surface area contributed by atoms with Crippen LogP contribution in [0.5, 0.6) is 0 Å². The zero-order chi connectivity index (χ0) is 19.2. The van der Waals surface area contributed by atoms with Gasteiger partial charge in [0.05, 0.1) is 6.54 Å². The lowest BCUT2D eigenvalue weighted by molar-refractivity contribution is 0.0627. The SMILES string of the molecule is O=C(c1ccccc1CSC1=NCCS1)N1CCN(Cc2ccccc2)CC1. The van der Waals surface area contributed by atoms with Gasteiger partial charge in [0.15, 0.2) is 0 Å². The molecule has 4 rings (SSSR count). The molecule has 0 saturated carbocycles. The highest BCUT2D eigenvalue weighted by molar-refractivity contribution is 8.38. The Morgan fingerprint density at radius 3 is 2.50 bits per heavy atom. The summed E-state index contributed by atoms with van der Waals surface area (Å²) in [4.78, 5) is 22.1. The predicted molar refractivity (Wildman–Crippen MR) is 120 cm³/mol. The van der Waals surface area contributed by atoms with Crippen LogP contribution in [-0.2, 0) is 12.3 Å². The number of amides is 1. The number of rotatable bonds is 5. The Morgan fingerprint density at radius 1 is 1.00 bits per heavy atom. The molecule has 6 heteroatoms. The van der Waals surface area contributed by atoms with E-state index in [2.05, 4.69) is 40.2 Å². The maximum absolute atomic E-state index is 13.1. The summed E-state index contributed by atoms with van der Waals surface area (Å²) < 4.78 is 1.15. The first-order chi connectivity index (χ1) is 13.8. The zero-order valence-corrected chi connectivity index (χ0v) is 17.6. The molecule has 0 radical (unpaired) electrons. The van der Waals surface area contributed by atoms with Crippen LogP contribution >= 0.6 is 23.5 Å². The number of piperazine rings is 1. The van der Waals surface area contributed by atoms with Gasteiger partial charge in [0, 0.05) is 49.8 Å². The van der Waals surface area contributed by atoms with E-state index in [1.807, 2.05) is 40.9 Å². The van der Waals surface area contributed by atoms with Gasteiger partial charge >= 0.3 is 0 Å². The van der Waals surface area contributed by atoms with Crippen molar-refractivity contribution in [3.8, 4) is 0 Å². The van der Waals surface area contributed by atoms with Gasteiger partial charge in [0.2, 0.25) is 0 Å². The normalized spacial score (nSPS) is 17.6. The number of benzene rings is 2. The van der Waals surface area contributed by atoms with Gasteiger partial charge in [-0.05, 0) is 17.2 Å². The Hall–Kier alpha value is -1.76. The molecular weight excluding hydrogens is 386 g/mol. The number of aliphatic imine (C=N–C) groups is 1. The lowest BCUT2D eigenvalue weighted by atomic mass is 10.1. The Labute approximate surface area is 175 Å². The minimum Gasteiger partial charge on any atom is -0.336 e. The van der Waals surface area contributed by atoms with E-state index < -0.39 is 0 Å². The highest BCUT2D eigenvalue weighted by atomic mass is 32.2. The van der Waals surface area contributed by atoms with Crippen LogP contribution in [-0.4, -0.2) is 58.6 Å². The van der Waals surface area contributed by atoms with E-state index in [-0.39, 0.29) is 5.91 Å². The largest absolute Gasteiger partial charge is 0.336 e. The fraction of sp³-hybridized carbons (Fsp3) is 0.364. The van der Waals surface area contributed by atoms with Crippen LogP contribution in [0, 0.1) is 0 Å². The molecule has 2 heterocycles. The second-order valence-corrected chi connectivity index (χ2v) is 9.30. The molecule has 1 fully saturated rings. The third kappa shape index (κ3) is 4.99. The lowest BCUT2D eigenvalue weighted by Crippen LogP contribution is -2.48. The van der Waals surface area contributed by atoms with Crippen molar-refractivity contribution in [3.05, 3.63) is 71.3 Å². The summed E-state index contributed by atoms with van der Waals surface area (Å²) in [5, 5.41) is 0. The highest BCUT2D eigenvalue weighted by Gasteiger charge is 2.24. The minimum absolute atomic E-state index is 0.163. The van der Waals surface area contributed by atoms with Crippen molar-refractivity contribution in [2.75, 3.05) is 38.5 Å². The third-order valence-electron chi connectivity index (χ3n) is 5.07. The number of hydrogen-bond acceptors (Lipinski definition) is 5. The van der Waals surface area contributed by atoms with Crippen molar-refractivity contribution in [2.45, 2.75) is 12.3 Å². The van der Waals surface area contributed by atoms with E-state index in [9.17, 15) is 4.79 Å². The van der Waals surface area contributed by atoms with E-state index in [4.69, 9.17) is 0 Å². The van der Waals surface area contributed by atoms with Gasteiger partial charge in [0.25, 0.3) is 5.91 Å². The van der Waals surface area contributed by atoms with Crippen molar-refractivity contribution in [3.63, 3.8) is 0 Å². The quantitative estimate of drug-likeness (QED) is 0.746. The fourth-order valence-corrected chi connectivity index (χ4v) is 5.53. The monoisotopic (exact) mass is 411 g/mol. The second-order valence-electron chi connectivity index (χ2n) is 7.00. The molecule has 2 aromatic carbocycles. The number of carbonyl (C=O) groups is 1. The standard InChI is InChI=1S/C22H25N3OS2/c26-21(20-9-5-4-8-19(20)17-28-22-23-10-15-27-22)25-13-11-24(12-14-25)16-18-6-2-1-3-7-18/h1-9H,10-17H2. The molecule has 0 aromatic heterocycles. The number of thioether (sulfide) groups is 2. The first-order valence-electron chi connectivity index (χ1n) is 9.73. The van der Waals surface area contributed by atoms with Gasteiger partial charge in [-0.25, -0.2) is 0 Å². The number of nitrogens with zero attached hydrogens (tertiary/aromatic N) is 3. The van der Waals surface area contributed by atoms with Crippen molar-refractivity contribution < 1.29 is 4.79 Å². The van der Waals surface area contributed by atoms with Crippen molar-refractivity contribution in [1.29, 1.82) is 0 Å². The molecule has 4 nitrogen and oxygen atoms in total. The second kappa shape index (κ2) is 9.63. The van der Waals surface area contributed by atoms with Crippen LogP contribution in [0.1, 0.15) is 21.5 Å². The van der Waals surface area contributed by atoms with E-state index in [0.29, 0.717) is 0 Å². The van der Waals surface area contributed by atoms with E-state index in [0.717, 1.165) is 66.3 Å². The van der Waals surface area contributed by atoms with Crippen molar-refractivity contribution >= 4 is 33.8 Å². The lowest BCUT2D eigenvalue weighted by Gasteiger charge is -2.35. The van der Waals surface area contributed by atoms with Crippen LogP contribution in [0.3, 0.4) is 0 Å². The van der Waals surface area contributed by atoms with Crippen molar-refractivity contribution in [2.24, 2.45) is 4.99 Å². The van der Waals surface area contributed by atoms with Crippen LogP contribution in [0.25, 0.3) is 0 Å². The van der Waals surface area contributed by atoms with Gasteiger partial charge < -0.3 is 4.90 Å². The minimum atomic E-state index is 0.163. The Morgan fingerprint density at radius 2 is 1.75 bits per heavy atom. The van der Waals surface area contributed by atoms with Crippen LogP contribution in [0.2, 0.25) is 0 Å². The molecule has 2 aliphatic rings. The van der Waals surface area contributed by atoms with E-state index >= 15 is 0 Å². The summed E-state index contributed by atoms with van der Waals surface area (Å²) in [7, 11) is 0. The zero-order valence-electron chi connectivity index (χ0n) is 15.9. The third-order valence-corrected chi connectivity index (χ3v) is 7.37. The van der Waals surface area contributed by atoms with Gasteiger partial charge in [0.1, 0.15) is 4.38 Å².